The summed E-state index contributed by atoms with van der Waals surface area (Å²) in [6.07, 6.45) is 0. The monoisotopic (exact) mass is 372 g/mol. The third kappa shape index (κ3) is 5.32. The van der Waals surface area contributed by atoms with Crippen molar-refractivity contribution in [1.29, 1.82) is 0 Å². The number of hydrogen-bond acceptors (Lipinski definition) is 4. The highest BCUT2D eigenvalue weighted by Crippen LogP contribution is 2.28. The summed E-state index contributed by atoms with van der Waals surface area (Å²) in [6.45, 7) is 12.1. The Morgan fingerprint density at radius 3 is 2.37 bits per heavy atom. The second-order valence-corrected chi connectivity index (χ2v) is 8.48. The SMILES string of the molecule is CC(C)(C)c1cc(NC(=O)COc2cccc(C(N)=O)c2)n(C(C)(C)C)n1. The van der Waals surface area contributed by atoms with Crippen LogP contribution in [-0.2, 0) is 15.7 Å². The van der Waals surface area contributed by atoms with E-state index in [1.165, 1.54) is 6.07 Å². The molecule has 0 radical (unpaired) electrons. The Morgan fingerprint density at radius 2 is 1.81 bits per heavy atom. The Kier molecular flexibility index (Phi) is 5.63. The highest BCUT2D eigenvalue weighted by molar-refractivity contribution is 5.93. The average Bonchev–Trinajstić information content (AvgIpc) is 2.97. The van der Waals surface area contributed by atoms with E-state index in [4.69, 9.17) is 10.5 Å². The Morgan fingerprint density at radius 1 is 1.15 bits per heavy atom. The second-order valence-electron chi connectivity index (χ2n) is 8.48. The Bertz CT molecular complexity index is 842. The van der Waals surface area contributed by atoms with Crippen LogP contribution in [0, 0.1) is 0 Å². The van der Waals surface area contributed by atoms with E-state index in [-0.39, 0.29) is 23.5 Å². The van der Waals surface area contributed by atoms with Crippen molar-refractivity contribution < 1.29 is 14.3 Å². The van der Waals surface area contributed by atoms with Crippen molar-refractivity contribution in [2.24, 2.45) is 5.73 Å². The van der Waals surface area contributed by atoms with Crippen LogP contribution in [0.2, 0.25) is 0 Å². The van der Waals surface area contributed by atoms with Crippen LogP contribution in [0.15, 0.2) is 30.3 Å². The minimum Gasteiger partial charge on any atom is -0.484 e. The van der Waals surface area contributed by atoms with Gasteiger partial charge in [-0.15, -0.1) is 0 Å². The van der Waals surface area contributed by atoms with Crippen molar-refractivity contribution >= 4 is 17.6 Å². The number of amides is 2. The van der Waals surface area contributed by atoms with E-state index in [0.717, 1.165) is 5.69 Å². The van der Waals surface area contributed by atoms with Crippen LogP contribution < -0.4 is 15.8 Å². The molecule has 146 valence electrons. The predicted octanol–water partition coefficient (Wildman–Crippen LogP) is 3.05. The number of ether oxygens (including phenoxy) is 1. The maximum absolute atomic E-state index is 12.4. The van der Waals surface area contributed by atoms with Crippen LogP contribution in [0.5, 0.6) is 5.75 Å². The molecule has 0 aliphatic heterocycles. The number of primary amides is 1. The van der Waals surface area contributed by atoms with Crippen molar-refractivity contribution in [3.05, 3.63) is 41.6 Å². The van der Waals surface area contributed by atoms with Crippen LogP contribution in [0.3, 0.4) is 0 Å². The van der Waals surface area contributed by atoms with Crippen molar-refractivity contribution in [3.63, 3.8) is 0 Å². The molecule has 1 aromatic heterocycles. The summed E-state index contributed by atoms with van der Waals surface area (Å²) in [4.78, 5) is 23.6. The number of benzene rings is 1. The van der Waals surface area contributed by atoms with E-state index in [0.29, 0.717) is 17.1 Å². The first kappa shape index (κ1) is 20.5. The lowest BCUT2D eigenvalue weighted by Crippen LogP contribution is -2.28. The fourth-order valence-electron chi connectivity index (χ4n) is 2.41. The summed E-state index contributed by atoms with van der Waals surface area (Å²) in [7, 11) is 0. The van der Waals surface area contributed by atoms with Gasteiger partial charge in [0.15, 0.2) is 6.61 Å². The molecule has 0 bridgehead atoms. The lowest BCUT2D eigenvalue weighted by atomic mass is 9.92. The fourth-order valence-corrected chi connectivity index (χ4v) is 2.41. The van der Waals surface area contributed by atoms with Crippen molar-refractivity contribution in [1.82, 2.24) is 9.78 Å². The van der Waals surface area contributed by atoms with Gasteiger partial charge in [-0.2, -0.15) is 5.10 Å². The molecule has 1 aromatic carbocycles. The minimum atomic E-state index is -0.548. The largest absolute Gasteiger partial charge is 0.484 e. The zero-order chi connectivity index (χ0) is 20.4. The van der Waals surface area contributed by atoms with Crippen molar-refractivity contribution in [2.45, 2.75) is 52.5 Å². The molecule has 3 N–H and O–H groups in total. The van der Waals surface area contributed by atoms with Crippen LogP contribution >= 0.6 is 0 Å². The minimum absolute atomic E-state index is 0.137. The molecule has 0 spiro atoms. The van der Waals surface area contributed by atoms with Crippen molar-refractivity contribution in [2.75, 3.05) is 11.9 Å². The second kappa shape index (κ2) is 7.42. The van der Waals surface area contributed by atoms with Gasteiger partial charge in [-0.25, -0.2) is 4.68 Å². The first-order valence-corrected chi connectivity index (χ1v) is 8.81. The van der Waals surface area contributed by atoms with E-state index in [1.807, 2.05) is 26.8 Å². The fraction of sp³-hybridized carbons (Fsp3) is 0.450. The number of anilines is 1. The standard InChI is InChI=1S/C20H28N4O3/c1-19(2,3)15-11-16(24(23-15)20(4,5)6)22-17(25)12-27-14-9-7-8-13(10-14)18(21)26/h7-11H,12H2,1-6H3,(H2,21,26)(H,22,25). The molecule has 1 heterocycles. The first-order valence-electron chi connectivity index (χ1n) is 8.81. The lowest BCUT2D eigenvalue weighted by molar-refractivity contribution is -0.118. The average molecular weight is 372 g/mol. The Labute approximate surface area is 159 Å². The number of aromatic nitrogens is 2. The number of nitrogens with zero attached hydrogens (tertiary/aromatic N) is 2. The molecule has 2 amide bonds. The highest BCUT2D eigenvalue weighted by Gasteiger charge is 2.25. The van der Waals surface area contributed by atoms with E-state index in [9.17, 15) is 9.59 Å². The number of nitrogens with two attached hydrogens (primary N) is 1. The lowest BCUT2D eigenvalue weighted by Gasteiger charge is -2.23. The van der Waals surface area contributed by atoms with Gasteiger partial charge in [0.1, 0.15) is 11.6 Å². The normalized spacial score (nSPS) is 11.9. The Balaban J connectivity index is 2.12. The number of carbonyl (C=O) groups excluding carboxylic acids is 2. The topological polar surface area (TPSA) is 99.2 Å². The molecule has 0 saturated heterocycles. The van der Waals surface area contributed by atoms with Gasteiger partial charge in [0.2, 0.25) is 5.91 Å². The predicted molar refractivity (Wildman–Crippen MR) is 105 cm³/mol. The summed E-state index contributed by atoms with van der Waals surface area (Å²) in [6, 6.07) is 8.29. The van der Waals surface area contributed by atoms with E-state index in [1.54, 1.807) is 22.9 Å². The zero-order valence-electron chi connectivity index (χ0n) is 16.8. The summed E-state index contributed by atoms with van der Waals surface area (Å²) in [5.41, 5.74) is 6.04. The molecule has 7 heteroatoms. The molecule has 2 rings (SSSR count). The van der Waals surface area contributed by atoms with E-state index < -0.39 is 5.91 Å². The van der Waals surface area contributed by atoms with Gasteiger partial charge in [0.25, 0.3) is 5.91 Å². The van der Waals surface area contributed by atoms with Crippen LogP contribution in [-0.4, -0.2) is 28.2 Å². The first-order chi connectivity index (χ1) is 12.4. The van der Waals surface area contributed by atoms with E-state index in [2.05, 4.69) is 31.2 Å². The van der Waals surface area contributed by atoms with Gasteiger partial charge in [0, 0.05) is 17.0 Å². The maximum Gasteiger partial charge on any atom is 0.263 e. The molecule has 0 unspecified atom stereocenters. The molecule has 27 heavy (non-hydrogen) atoms. The number of nitrogens with one attached hydrogen (secondary N) is 1. The summed E-state index contributed by atoms with van der Waals surface area (Å²) >= 11 is 0. The van der Waals surface area contributed by atoms with Crippen LogP contribution in [0.1, 0.15) is 57.6 Å². The number of rotatable bonds is 5. The molecule has 0 aliphatic rings. The number of carbonyl (C=O) groups is 2. The zero-order valence-corrected chi connectivity index (χ0v) is 16.8. The van der Waals surface area contributed by atoms with Gasteiger partial charge < -0.3 is 15.8 Å². The smallest absolute Gasteiger partial charge is 0.263 e. The highest BCUT2D eigenvalue weighted by atomic mass is 16.5. The third-order valence-electron chi connectivity index (χ3n) is 3.87. The van der Waals surface area contributed by atoms with Gasteiger partial charge >= 0.3 is 0 Å². The molecule has 0 atom stereocenters. The van der Waals surface area contributed by atoms with Crippen LogP contribution in [0.25, 0.3) is 0 Å². The quantitative estimate of drug-likeness (QED) is 0.842. The Hall–Kier alpha value is -2.83. The molecule has 0 saturated carbocycles. The molecule has 0 aliphatic carbocycles. The summed E-state index contributed by atoms with van der Waals surface area (Å²) in [5, 5.41) is 7.53. The van der Waals surface area contributed by atoms with Crippen molar-refractivity contribution in [3.8, 4) is 5.75 Å². The van der Waals surface area contributed by atoms with Gasteiger partial charge in [0.05, 0.1) is 11.2 Å². The summed E-state index contributed by atoms with van der Waals surface area (Å²) < 4.78 is 7.29. The molecule has 2 aromatic rings. The van der Waals surface area contributed by atoms with Gasteiger partial charge in [-0.1, -0.05) is 26.8 Å². The molecule has 7 nitrogen and oxygen atoms in total. The van der Waals surface area contributed by atoms with Crippen LogP contribution in [0.4, 0.5) is 5.82 Å². The van der Waals surface area contributed by atoms with E-state index >= 15 is 0 Å². The number of hydrogen-bond donors (Lipinski definition) is 2. The molecular weight excluding hydrogens is 344 g/mol. The molecular formula is C20H28N4O3. The van der Waals surface area contributed by atoms with Gasteiger partial charge in [-0.3, -0.25) is 9.59 Å². The maximum atomic E-state index is 12.4. The molecule has 0 fully saturated rings. The summed E-state index contributed by atoms with van der Waals surface area (Å²) in [5.74, 6) is 0.159. The third-order valence-corrected chi connectivity index (χ3v) is 3.87. The van der Waals surface area contributed by atoms with Gasteiger partial charge in [-0.05, 0) is 39.0 Å².